The van der Waals surface area contributed by atoms with Crippen LogP contribution in [-0.2, 0) is 6.42 Å². The maximum absolute atomic E-state index is 12.1. The number of anilines is 1. The molecule has 0 saturated carbocycles. The lowest BCUT2D eigenvalue weighted by atomic mass is 9.95. The molecule has 1 heterocycles. The summed E-state index contributed by atoms with van der Waals surface area (Å²) in [6.45, 7) is 0. The van der Waals surface area contributed by atoms with Crippen LogP contribution >= 0.6 is 0 Å². The van der Waals surface area contributed by atoms with E-state index in [-0.39, 0.29) is 11.6 Å². The van der Waals surface area contributed by atoms with Crippen molar-refractivity contribution in [3.05, 3.63) is 63.7 Å². The maximum atomic E-state index is 12.1. The first-order chi connectivity index (χ1) is 10.7. The molecule has 0 radical (unpaired) electrons. The predicted molar refractivity (Wildman–Crippen MR) is 83.0 cm³/mol. The van der Waals surface area contributed by atoms with Gasteiger partial charge in [0.05, 0.1) is 0 Å². The second-order valence-corrected chi connectivity index (χ2v) is 5.05. The van der Waals surface area contributed by atoms with Crippen molar-refractivity contribution in [3.8, 4) is 0 Å². The lowest BCUT2D eigenvalue weighted by Gasteiger charge is -2.16. The molecule has 0 unspecified atom stereocenters. The van der Waals surface area contributed by atoms with Crippen LogP contribution in [0.15, 0.2) is 50.7 Å². The Labute approximate surface area is 126 Å². The second-order valence-electron chi connectivity index (χ2n) is 5.05. The molecule has 0 atom stereocenters. The number of hydrazone groups is 1. The van der Waals surface area contributed by atoms with Crippen molar-refractivity contribution in [2.24, 2.45) is 10.9 Å². The fraction of sp³-hybridized carbons (Fsp3) is 0.188. The quantitative estimate of drug-likeness (QED) is 0.653. The van der Waals surface area contributed by atoms with Crippen molar-refractivity contribution in [2.45, 2.75) is 19.3 Å². The van der Waals surface area contributed by atoms with Crippen molar-refractivity contribution in [3.63, 3.8) is 0 Å². The van der Waals surface area contributed by atoms with Gasteiger partial charge in [0.25, 0.3) is 5.91 Å². The molecule has 0 aliphatic heterocycles. The lowest BCUT2D eigenvalue weighted by Crippen LogP contribution is -2.22. The van der Waals surface area contributed by atoms with Crippen LogP contribution in [-0.4, -0.2) is 11.6 Å². The minimum absolute atomic E-state index is 0.130. The van der Waals surface area contributed by atoms with Gasteiger partial charge in [0.15, 0.2) is 5.76 Å². The molecule has 1 amide bonds. The predicted octanol–water partition coefficient (Wildman–Crippen LogP) is 1.89. The highest BCUT2D eigenvalue weighted by atomic mass is 16.4. The SMILES string of the molecule is N/N=C1/CCCc2cc(NC(=O)c3ccccc3)c(=O)oc21. The van der Waals surface area contributed by atoms with Crippen LogP contribution in [0.25, 0.3) is 0 Å². The lowest BCUT2D eigenvalue weighted by molar-refractivity contribution is 0.102. The molecule has 1 aromatic heterocycles. The summed E-state index contributed by atoms with van der Waals surface area (Å²) in [7, 11) is 0. The Morgan fingerprint density at radius 1 is 1.23 bits per heavy atom. The number of rotatable bonds is 2. The van der Waals surface area contributed by atoms with Gasteiger partial charge < -0.3 is 15.6 Å². The molecule has 6 heteroatoms. The van der Waals surface area contributed by atoms with Gasteiger partial charge >= 0.3 is 5.63 Å². The van der Waals surface area contributed by atoms with Crippen LogP contribution in [0.1, 0.15) is 34.5 Å². The fourth-order valence-electron chi connectivity index (χ4n) is 2.50. The minimum Gasteiger partial charge on any atom is -0.420 e. The summed E-state index contributed by atoms with van der Waals surface area (Å²) >= 11 is 0. The first-order valence-electron chi connectivity index (χ1n) is 6.99. The van der Waals surface area contributed by atoms with Crippen molar-refractivity contribution >= 4 is 17.3 Å². The third-order valence-corrected chi connectivity index (χ3v) is 3.59. The average Bonchev–Trinajstić information content (AvgIpc) is 2.56. The number of hydrogen-bond acceptors (Lipinski definition) is 5. The van der Waals surface area contributed by atoms with E-state index in [9.17, 15) is 9.59 Å². The molecule has 1 aliphatic carbocycles. The highest BCUT2D eigenvalue weighted by molar-refractivity contribution is 6.04. The van der Waals surface area contributed by atoms with Crippen LogP contribution in [0.5, 0.6) is 0 Å². The summed E-state index contributed by atoms with van der Waals surface area (Å²) < 4.78 is 5.29. The molecule has 2 aromatic rings. The number of nitrogens with two attached hydrogens (primary N) is 1. The van der Waals surface area contributed by atoms with Gasteiger partial charge in [-0.3, -0.25) is 4.79 Å². The Morgan fingerprint density at radius 3 is 2.73 bits per heavy atom. The molecule has 0 spiro atoms. The number of fused-ring (bicyclic) bond motifs is 1. The van der Waals surface area contributed by atoms with E-state index in [1.54, 1.807) is 30.3 Å². The normalized spacial score (nSPS) is 15.4. The molecule has 3 rings (SSSR count). The van der Waals surface area contributed by atoms with Crippen molar-refractivity contribution in [1.29, 1.82) is 0 Å². The van der Waals surface area contributed by atoms with E-state index in [2.05, 4.69) is 10.4 Å². The number of benzene rings is 1. The first kappa shape index (κ1) is 14.1. The standard InChI is InChI=1S/C16H15N3O3/c17-19-12-8-4-7-11-9-13(16(21)22-14(11)12)18-15(20)10-5-2-1-3-6-10/h1-3,5-6,9H,4,7-8,17H2,(H,18,20)/b19-12-. The van der Waals surface area contributed by atoms with Crippen molar-refractivity contribution in [1.82, 2.24) is 0 Å². The minimum atomic E-state index is -0.605. The Kier molecular flexibility index (Phi) is 3.74. The van der Waals surface area contributed by atoms with E-state index >= 15 is 0 Å². The van der Waals surface area contributed by atoms with Gasteiger partial charge in [0.1, 0.15) is 11.4 Å². The maximum Gasteiger partial charge on any atom is 0.360 e. The molecule has 3 N–H and O–H groups in total. The van der Waals surface area contributed by atoms with Crippen LogP contribution in [0.3, 0.4) is 0 Å². The van der Waals surface area contributed by atoms with E-state index in [1.165, 1.54) is 0 Å². The number of amides is 1. The summed E-state index contributed by atoms with van der Waals surface area (Å²) in [5.41, 5.74) is 1.42. The zero-order chi connectivity index (χ0) is 15.5. The Hall–Kier alpha value is -2.89. The molecule has 22 heavy (non-hydrogen) atoms. The number of nitrogens with zero attached hydrogens (tertiary/aromatic N) is 1. The Morgan fingerprint density at radius 2 is 2.00 bits per heavy atom. The van der Waals surface area contributed by atoms with E-state index in [4.69, 9.17) is 10.3 Å². The smallest absolute Gasteiger partial charge is 0.360 e. The van der Waals surface area contributed by atoms with E-state index < -0.39 is 5.63 Å². The Bertz CT molecular complexity index is 794. The summed E-state index contributed by atoms with van der Waals surface area (Å²) in [5.74, 6) is 5.40. The number of nitrogens with one attached hydrogen (secondary N) is 1. The molecule has 1 aliphatic rings. The van der Waals surface area contributed by atoms with Gasteiger partial charge in [-0.2, -0.15) is 5.10 Å². The van der Waals surface area contributed by atoms with E-state index in [0.29, 0.717) is 23.5 Å². The molecule has 0 fully saturated rings. The van der Waals surface area contributed by atoms with Gasteiger partial charge in [0.2, 0.25) is 0 Å². The largest absolute Gasteiger partial charge is 0.420 e. The third-order valence-electron chi connectivity index (χ3n) is 3.59. The van der Waals surface area contributed by atoms with Crippen molar-refractivity contribution < 1.29 is 9.21 Å². The highest BCUT2D eigenvalue weighted by Gasteiger charge is 2.21. The fourth-order valence-corrected chi connectivity index (χ4v) is 2.50. The van der Waals surface area contributed by atoms with Crippen molar-refractivity contribution in [2.75, 3.05) is 5.32 Å². The molecular weight excluding hydrogens is 282 g/mol. The van der Waals surface area contributed by atoms with Crippen LogP contribution < -0.4 is 16.8 Å². The van der Waals surface area contributed by atoms with Gasteiger partial charge in [-0.05, 0) is 43.0 Å². The van der Waals surface area contributed by atoms with Gasteiger partial charge in [-0.25, -0.2) is 4.79 Å². The summed E-state index contributed by atoms with van der Waals surface area (Å²) in [6.07, 6.45) is 2.32. The summed E-state index contributed by atoms with van der Waals surface area (Å²) in [5, 5.41) is 6.26. The van der Waals surface area contributed by atoms with Crippen LogP contribution in [0.2, 0.25) is 0 Å². The Balaban J connectivity index is 1.93. The van der Waals surface area contributed by atoms with E-state index in [0.717, 1.165) is 18.4 Å². The third kappa shape index (κ3) is 2.63. The molecule has 0 bridgehead atoms. The monoisotopic (exact) mass is 297 g/mol. The molecule has 112 valence electrons. The second kappa shape index (κ2) is 5.85. The number of carbonyl (C=O) groups is 1. The topological polar surface area (TPSA) is 97.7 Å². The molecule has 1 aromatic carbocycles. The summed E-state index contributed by atoms with van der Waals surface area (Å²) in [6, 6.07) is 10.3. The average molecular weight is 297 g/mol. The number of carbonyl (C=O) groups excluding carboxylic acids is 1. The van der Waals surface area contributed by atoms with Gasteiger partial charge in [0, 0.05) is 5.56 Å². The number of hydrogen-bond donors (Lipinski definition) is 2. The number of aryl methyl sites for hydroxylation is 1. The van der Waals surface area contributed by atoms with Crippen LogP contribution in [0.4, 0.5) is 5.69 Å². The highest BCUT2D eigenvalue weighted by Crippen LogP contribution is 2.22. The molecule has 6 nitrogen and oxygen atoms in total. The first-order valence-corrected chi connectivity index (χ1v) is 6.99. The van der Waals surface area contributed by atoms with Gasteiger partial charge in [-0.15, -0.1) is 0 Å². The molecule has 0 saturated heterocycles. The van der Waals surface area contributed by atoms with E-state index in [1.807, 2.05) is 6.07 Å². The van der Waals surface area contributed by atoms with Gasteiger partial charge in [-0.1, -0.05) is 18.2 Å². The zero-order valence-electron chi connectivity index (χ0n) is 11.8. The molecular formula is C16H15N3O3. The zero-order valence-corrected chi connectivity index (χ0v) is 11.8. The van der Waals surface area contributed by atoms with Crippen LogP contribution in [0, 0.1) is 0 Å². The summed E-state index contributed by atoms with van der Waals surface area (Å²) in [4.78, 5) is 24.2.